The maximum absolute atomic E-state index is 13.5. The highest BCUT2D eigenvalue weighted by Gasteiger charge is 2.30. The molecule has 0 radical (unpaired) electrons. The van der Waals surface area contributed by atoms with Crippen molar-refractivity contribution in [1.29, 1.82) is 0 Å². The minimum absolute atomic E-state index is 0.264. The average molecular weight is 498 g/mol. The van der Waals surface area contributed by atoms with E-state index < -0.39 is 23.5 Å². The molecule has 0 saturated carbocycles. The molecule has 0 aliphatic heterocycles. The predicted octanol–water partition coefficient (Wildman–Crippen LogP) is 8.14. The summed E-state index contributed by atoms with van der Waals surface area (Å²) >= 11 is 0. The van der Waals surface area contributed by atoms with Gasteiger partial charge in [0, 0.05) is 11.1 Å². The van der Waals surface area contributed by atoms with E-state index >= 15 is 0 Å². The Balaban J connectivity index is 1.60. The lowest BCUT2D eigenvalue weighted by atomic mass is 9.90. The van der Waals surface area contributed by atoms with Crippen LogP contribution in [0.1, 0.15) is 49.3 Å². The van der Waals surface area contributed by atoms with E-state index in [1.54, 1.807) is 48.5 Å². The van der Waals surface area contributed by atoms with Crippen LogP contribution < -0.4 is 0 Å². The lowest BCUT2D eigenvalue weighted by molar-refractivity contribution is -0.138. The number of halogens is 6. The third-order valence-electron chi connectivity index (χ3n) is 5.88. The van der Waals surface area contributed by atoms with Crippen LogP contribution in [-0.2, 0) is 25.2 Å². The highest BCUT2D eigenvalue weighted by Crippen LogP contribution is 2.31. The van der Waals surface area contributed by atoms with E-state index in [9.17, 15) is 31.1 Å². The van der Waals surface area contributed by atoms with Gasteiger partial charge in [0.15, 0.2) is 5.78 Å². The van der Waals surface area contributed by atoms with Gasteiger partial charge in [0.1, 0.15) is 0 Å². The van der Waals surface area contributed by atoms with Crippen molar-refractivity contribution in [1.82, 2.24) is 0 Å². The summed E-state index contributed by atoms with van der Waals surface area (Å²) < 4.78 is 77.3. The zero-order chi connectivity index (χ0) is 25.9. The lowest BCUT2D eigenvalue weighted by Gasteiger charge is -2.13. The molecule has 0 spiro atoms. The van der Waals surface area contributed by atoms with Crippen LogP contribution in [0.5, 0.6) is 0 Å². The van der Waals surface area contributed by atoms with Gasteiger partial charge in [0.25, 0.3) is 0 Å². The normalized spacial score (nSPS) is 11.9. The molecule has 36 heavy (non-hydrogen) atoms. The first-order valence-corrected chi connectivity index (χ1v) is 11.0. The number of benzene rings is 4. The van der Waals surface area contributed by atoms with Crippen molar-refractivity contribution in [3.05, 3.63) is 142 Å². The molecule has 0 saturated heterocycles. The maximum atomic E-state index is 13.5. The van der Waals surface area contributed by atoms with Crippen LogP contribution in [-0.4, -0.2) is 5.78 Å². The van der Waals surface area contributed by atoms with Crippen LogP contribution in [0.3, 0.4) is 0 Å². The van der Waals surface area contributed by atoms with E-state index in [4.69, 9.17) is 0 Å². The fraction of sp³-hybridized carbons (Fsp3) is 0.138. The highest BCUT2D eigenvalue weighted by molar-refractivity contribution is 6.11. The van der Waals surface area contributed by atoms with E-state index in [1.807, 2.05) is 0 Å². The standard InChI is InChI=1S/C29H20F6O/c30-28(31,32)23-13-9-19(10-14-23)17-21-5-1-3-7-25(21)27(36)26-8-4-2-6-22(26)18-20-11-15-24(16-12-20)29(33,34)35/h1-16H,17-18H2. The molecule has 7 heteroatoms. The van der Waals surface area contributed by atoms with Gasteiger partial charge in [0.05, 0.1) is 11.1 Å². The number of hydrogen-bond acceptors (Lipinski definition) is 1. The third kappa shape index (κ3) is 5.85. The van der Waals surface area contributed by atoms with Gasteiger partial charge in [-0.25, -0.2) is 0 Å². The van der Waals surface area contributed by atoms with Crippen molar-refractivity contribution < 1.29 is 31.1 Å². The molecule has 0 unspecified atom stereocenters. The van der Waals surface area contributed by atoms with Crippen LogP contribution in [0.15, 0.2) is 97.1 Å². The molecule has 0 aliphatic carbocycles. The quantitative estimate of drug-likeness (QED) is 0.194. The first-order chi connectivity index (χ1) is 17.0. The van der Waals surface area contributed by atoms with E-state index in [-0.39, 0.29) is 18.6 Å². The van der Waals surface area contributed by atoms with Gasteiger partial charge in [-0.3, -0.25) is 4.79 Å². The summed E-state index contributed by atoms with van der Waals surface area (Å²) in [5.74, 6) is -0.264. The maximum Gasteiger partial charge on any atom is 0.416 e. The summed E-state index contributed by atoms with van der Waals surface area (Å²) in [6.45, 7) is 0. The molecule has 4 rings (SSSR count). The Labute approximate surface area is 204 Å². The lowest BCUT2D eigenvalue weighted by Crippen LogP contribution is -2.10. The molecule has 184 valence electrons. The first-order valence-electron chi connectivity index (χ1n) is 11.0. The Morgan fingerprint density at radius 2 is 0.833 bits per heavy atom. The van der Waals surface area contributed by atoms with Crippen molar-refractivity contribution in [2.24, 2.45) is 0 Å². The molecule has 0 N–H and O–H groups in total. The van der Waals surface area contributed by atoms with Crippen molar-refractivity contribution >= 4 is 5.78 Å². The number of carbonyl (C=O) groups excluding carboxylic acids is 1. The van der Waals surface area contributed by atoms with Crippen LogP contribution >= 0.6 is 0 Å². The monoisotopic (exact) mass is 498 g/mol. The van der Waals surface area contributed by atoms with E-state index in [2.05, 4.69) is 0 Å². The Morgan fingerprint density at radius 1 is 0.500 bits per heavy atom. The summed E-state index contributed by atoms with van der Waals surface area (Å²) in [5.41, 5.74) is 1.91. The fourth-order valence-electron chi connectivity index (χ4n) is 4.00. The summed E-state index contributed by atoms with van der Waals surface area (Å²) in [7, 11) is 0. The van der Waals surface area contributed by atoms with E-state index in [1.165, 1.54) is 24.3 Å². The Morgan fingerprint density at radius 3 is 1.17 bits per heavy atom. The summed E-state index contributed by atoms with van der Waals surface area (Å²) in [5, 5.41) is 0. The van der Waals surface area contributed by atoms with E-state index in [0.717, 1.165) is 24.3 Å². The Kier molecular flexibility index (Phi) is 7.02. The van der Waals surface area contributed by atoms with Crippen molar-refractivity contribution in [2.75, 3.05) is 0 Å². The zero-order valence-electron chi connectivity index (χ0n) is 18.8. The second kappa shape index (κ2) is 10.0. The second-order valence-electron chi connectivity index (χ2n) is 8.39. The topological polar surface area (TPSA) is 17.1 Å². The highest BCUT2D eigenvalue weighted by atomic mass is 19.4. The molecule has 0 fully saturated rings. The Hall–Kier alpha value is -3.87. The molecule has 0 aromatic heterocycles. The molecule has 0 heterocycles. The summed E-state index contributed by atoms with van der Waals surface area (Å²) in [6.07, 6.45) is -8.32. The minimum atomic E-state index is -4.43. The summed E-state index contributed by atoms with van der Waals surface area (Å²) in [4.78, 5) is 13.5. The minimum Gasteiger partial charge on any atom is -0.289 e. The molecule has 4 aromatic carbocycles. The molecular weight excluding hydrogens is 478 g/mol. The molecule has 0 bridgehead atoms. The predicted molar refractivity (Wildman–Crippen MR) is 125 cm³/mol. The van der Waals surface area contributed by atoms with Gasteiger partial charge < -0.3 is 0 Å². The number of alkyl halides is 6. The molecule has 0 atom stereocenters. The fourth-order valence-corrected chi connectivity index (χ4v) is 4.00. The second-order valence-corrected chi connectivity index (χ2v) is 8.39. The van der Waals surface area contributed by atoms with Gasteiger partial charge in [0.2, 0.25) is 0 Å². The van der Waals surface area contributed by atoms with Crippen LogP contribution in [0.4, 0.5) is 26.3 Å². The van der Waals surface area contributed by atoms with Gasteiger partial charge in [-0.2, -0.15) is 26.3 Å². The van der Waals surface area contributed by atoms with E-state index in [0.29, 0.717) is 33.4 Å². The van der Waals surface area contributed by atoms with Crippen molar-refractivity contribution in [3.8, 4) is 0 Å². The van der Waals surface area contributed by atoms with Gasteiger partial charge in [-0.1, -0.05) is 72.8 Å². The molecule has 0 amide bonds. The molecular formula is C29H20F6O. The van der Waals surface area contributed by atoms with Crippen LogP contribution in [0.2, 0.25) is 0 Å². The summed E-state index contributed by atoms with van der Waals surface area (Å²) in [6, 6.07) is 23.4. The number of hydrogen-bond donors (Lipinski definition) is 0. The average Bonchev–Trinajstić information content (AvgIpc) is 2.84. The number of carbonyl (C=O) groups is 1. The largest absolute Gasteiger partial charge is 0.416 e. The zero-order valence-corrected chi connectivity index (χ0v) is 18.8. The van der Waals surface area contributed by atoms with Gasteiger partial charge in [-0.05, 0) is 59.4 Å². The SMILES string of the molecule is O=C(c1ccccc1Cc1ccc(C(F)(F)F)cc1)c1ccccc1Cc1ccc(C(F)(F)F)cc1. The number of ketones is 1. The smallest absolute Gasteiger partial charge is 0.289 e. The molecule has 4 aromatic rings. The van der Waals surface area contributed by atoms with Crippen LogP contribution in [0.25, 0.3) is 0 Å². The van der Waals surface area contributed by atoms with Crippen molar-refractivity contribution in [3.63, 3.8) is 0 Å². The van der Waals surface area contributed by atoms with Gasteiger partial charge >= 0.3 is 12.4 Å². The van der Waals surface area contributed by atoms with Crippen molar-refractivity contribution in [2.45, 2.75) is 25.2 Å². The van der Waals surface area contributed by atoms with Crippen LogP contribution in [0, 0.1) is 0 Å². The Bertz CT molecular complexity index is 1250. The molecule has 1 nitrogen and oxygen atoms in total. The molecule has 0 aliphatic rings. The number of rotatable bonds is 6. The first kappa shape index (κ1) is 25.2. The third-order valence-corrected chi connectivity index (χ3v) is 5.88. The van der Waals surface area contributed by atoms with Gasteiger partial charge in [-0.15, -0.1) is 0 Å².